The third-order valence-electron chi connectivity index (χ3n) is 4.01. The molecule has 21 heavy (non-hydrogen) atoms. The molecule has 1 aliphatic rings. The van der Waals surface area contributed by atoms with E-state index < -0.39 is 34.0 Å². The molecular weight excluding hydrogens is 290 g/mol. The summed E-state index contributed by atoms with van der Waals surface area (Å²) < 4.78 is 11.4. The monoisotopic (exact) mass is 309 g/mol. The SMILES string of the molecule is CS(=O)Cc1ccccc1NC(=O)[C@@H]1[C@H](C(=O)O)C1(C)C. The van der Waals surface area contributed by atoms with E-state index >= 15 is 0 Å². The maximum absolute atomic E-state index is 12.3. The summed E-state index contributed by atoms with van der Waals surface area (Å²) in [7, 11) is -1.01. The third kappa shape index (κ3) is 3.15. The average molecular weight is 309 g/mol. The van der Waals surface area contributed by atoms with Gasteiger partial charge in [0.2, 0.25) is 5.91 Å². The minimum Gasteiger partial charge on any atom is -0.481 e. The van der Waals surface area contributed by atoms with Gasteiger partial charge in [0, 0.05) is 22.7 Å². The summed E-state index contributed by atoms with van der Waals surface area (Å²) in [6.45, 7) is 3.56. The van der Waals surface area contributed by atoms with E-state index in [2.05, 4.69) is 5.32 Å². The van der Waals surface area contributed by atoms with Crippen LogP contribution in [-0.4, -0.2) is 27.4 Å². The molecule has 1 aliphatic carbocycles. The number of hydrogen-bond donors (Lipinski definition) is 2. The van der Waals surface area contributed by atoms with Crippen molar-refractivity contribution >= 4 is 28.4 Å². The van der Waals surface area contributed by atoms with Crippen molar-refractivity contribution in [3.63, 3.8) is 0 Å². The molecule has 1 amide bonds. The molecule has 0 saturated heterocycles. The van der Waals surface area contributed by atoms with Crippen molar-refractivity contribution in [2.24, 2.45) is 17.3 Å². The molecule has 1 aromatic rings. The number of nitrogens with one attached hydrogen (secondary N) is 1. The van der Waals surface area contributed by atoms with Crippen LogP contribution in [0.25, 0.3) is 0 Å². The number of para-hydroxylation sites is 1. The molecule has 6 heteroatoms. The fraction of sp³-hybridized carbons (Fsp3) is 0.467. The van der Waals surface area contributed by atoms with Gasteiger partial charge < -0.3 is 10.4 Å². The summed E-state index contributed by atoms with van der Waals surface area (Å²) >= 11 is 0. The van der Waals surface area contributed by atoms with Crippen molar-refractivity contribution < 1.29 is 18.9 Å². The van der Waals surface area contributed by atoms with Gasteiger partial charge >= 0.3 is 5.97 Å². The van der Waals surface area contributed by atoms with Gasteiger partial charge in [0.1, 0.15) is 0 Å². The summed E-state index contributed by atoms with van der Waals surface area (Å²) in [6, 6.07) is 7.15. The van der Waals surface area contributed by atoms with Gasteiger partial charge in [-0.1, -0.05) is 32.0 Å². The van der Waals surface area contributed by atoms with Gasteiger partial charge in [0.05, 0.1) is 17.6 Å². The van der Waals surface area contributed by atoms with Crippen LogP contribution in [0.1, 0.15) is 19.4 Å². The molecule has 1 fully saturated rings. The second kappa shape index (κ2) is 5.60. The summed E-state index contributed by atoms with van der Waals surface area (Å²) in [5, 5.41) is 11.9. The molecule has 0 bridgehead atoms. The number of hydrogen-bond acceptors (Lipinski definition) is 3. The van der Waals surface area contributed by atoms with Crippen molar-refractivity contribution in [3.8, 4) is 0 Å². The Morgan fingerprint density at radius 2 is 1.90 bits per heavy atom. The summed E-state index contributed by atoms with van der Waals surface area (Å²) in [5.41, 5.74) is 0.861. The number of carbonyl (C=O) groups is 2. The molecule has 0 heterocycles. The van der Waals surface area contributed by atoms with E-state index in [1.54, 1.807) is 32.2 Å². The second-order valence-electron chi connectivity index (χ2n) is 5.98. The highest BCUT2D eigenvalue weighted by Gasteiger charge is 2.65. The molecule has 0 spiro atoms. The van der Waals surface area contributed by atoms with Crippen molar-refractivity contribution in [2.75, 3.05) is 11.6 Å². The predicted molar refractivity (Wildman–Crippen MR) is 81.2 cm³/mol. The smallest absolute Gasteiger partial charge is 0.307 e. The molecule has 1 unspecified atom stereocenters. The molecule has 5 nitrogen and oxygen atoms in total. The summed E-state index contributed by atoms with van der Waals surface area (Å²) in [5.74, 6) is -2.06. The van der Waals surface area contributed by atoms with Crippen molar-refractivity contribution in [1.29, 1.82) is 0 Å². The lowest BCUT2D eigenvalue weighted by molar-refractivity contribution is -0.140. The molecular formula is C15H19NO4S. The number of carboxylic acid groups (broad SMARTS) is 1. The van der Waals surface area contributed by atoms with E-state index in [1.165, 1.54) is 0 Å². The molecule has 1 aromatic carbocycles. The Morgan fingerprint density at radius 1 is 1.29 bits per heavy atom. The third-order valence-corrected chi connectivity index (χ3v) is 4.73. The van der Waals surface area contributed by atoms with Crippen LogP contribution in [0.3, 0.4) is 0 Å². The Hall–Kier alpha value is -1.69. The van der Waals surface area contributed by atoms with Crippen LogP contribution in [0.5, 0.6) is 0 Å². The maximum Gasteiger partial charge on any atom is 0.307 e. The number of carbonyl (C=O) groups excluding carboxylic acids is 1. The summed E-state index contributed by atoms with van der Waals surface area (Å²) in [4.78, 5) is 23.4. The van der Waals surface area contributed by atoms with Crippen LogP contribution in [0.4, 0.5) is 5.69 Å². The zero-order chi connectivity index (χ0) is 15.8. The first-order valence-electron chi connectivity index (χ1n) is 6.66. The van der Waals surface area contributed by atoms with Crippen LogP contribution >= 0.6 is 0 Å². The molecule has 3 atom stereocenters. The lowest BCUT2D eigenvalue weighted by Gasteiger charge is -2.10. The van der Waals surface area contributed by atoms with E-state index in [4.69, 9.17) is 5.11 Å². The normalized spacial score (nSPS) is 24.1. The van der Waals surface area contributed by atoms with Gasteiger partial charge in [-0.2, -0.15) is 0 Å². The zero-order valence-electron chi connectivity index (χ0n) is 12.3. The van der Waals surface area contributed by atoms with Crippen LogP contribution < -0.4 is 5.32 Å². The lowest BCUT2D eigenvalue weighted by Crippen LogP contribution is -2.18. The van der Waals surface area contributed by atoms with E-state index in [-0.39, 0.29) is 5.91 Å². The van der Waals surface area contributed by atoms with Gasteiger partial charge in [-0.15, -0.1) is 0 Å². The molecule has 2 N–H and O–H groups in total. The van der Waals surface area contributed by atoms with Gasteiger partial charge in [-0.3, -0.25) is 13.8 Å². The van der Waals surface area contributed by atoms with E-state index in [0.29, 0.717) is 11.4 Å². The predicted octanol–water partition coefficient (Wildman–Crippen LogP) is 1.86. The van der Waals surface area contributed by atoms with Crippen molar-refractivity contribution in [1.82, 2.24) is 0 Å². The number of amides is 1. The lowest BCUT2D eigenvalue weighted by atomic mass is 10.1. The first kappa shape index (κ1) is 15.7. The second-order valence-corrected chi connectivity index (χ2v) is 7.41. The van der Waals surface area contributed by atoms with Gasteiger partial charge in [0.15, 0.2) is 0 Å². The van der Waals surface area contributed by atoms with E-state index in [9.17, 15) is 13.8 Å². The standard InChI is InChI=1S/C15H19NO4S/c1-15(2)11(12(15)14(18)19)13(17)16-10-7-5-4-6-9(10)8-21(3)20/h4-7,11-12H,8H2,1-3H3,(H,16,17)(H,18,19)/t11-,12+,21?/m0/s1. The molecule has 1 saturated carbocycles. The highest BCUT2D eigenvalue weighted by atomic mass is 32.2. The summed E-state index contributed by atoms with van der Waals surface area (Å²) in [6.07, 6.45) is 1.60. The fourth-order valence-corrected chi connectivity index (χ4v) is 3.48. The maximum atomic E-state index is 12.3. The van der Waals surface area contributed by atoms with Crippen LogP contribution in [-0.2, 0) is 26.1 Å². The minimum atomic E-state index is -1.01. The largest absolute Gasteiger partial charge is 0.481 e. The highest BCUT2D eigenvalue weighted by molar-refractivity contribution is 7.83. The van der Waals surface area contributed by atoms with Crippen molar-refractivity contribution in [2.45, 2.75) is 19.6 Å². The number of rotatable bonds is 5. The van der Waals surface area contributed by atoms with Gasteiger partial charge in [-0.05, 0) is 17.0 Å². The van der Waals surface area contributed by atoms with Crippen molar-refractivity contribution in [3.05, 3.63) is 29.8 Å². The fourth-order valence-electron chi connectivity index (χ4n) is 2.79. The van der Waals surface area contributed by atoms with E-state index in [1.807, 2.05) is 12.1 Å². The van der Waals surface area contributed by atoms with E-state index in [0.717, 1.165) is 5.56 Å². The Balaban J connectivity index is 2.15. The van der Waals surface area contributed by atoms with Crippen LogP contribution in [0, 0.1) is 17.3 Å². The number of anilines is 1. The van der Waals surface area contributed by atoms with Gasteiger partial charge in [0.25, 0.3) is 0 Å². The number of carboxylic acids is 1. The minimum absolute atomic E-state index is 0.290. The zero-order valence-corrected chi connectivity index (χ0v) is 13.1. The Labute approximate surface area is 126 Å². The molecule has 0 aliphatic heterocycles. The quantitative estimate of drug-likeness (QED) is 0.869. The molecule has 0 radical (unpaired) electrons. The van der Waals surface area contributed by atoms with Crippen LogP contribution in [0.2, 0.25) is 0 Å². The topological polar surface area (TPSA) is 83.5 Å². The average Bonchev–Trinajstić information content (AvgIpc) is 2.94. The Bertz CT molecular complexity index is 611. The van der Waals surface area contributed by atoms with Gasteiger partial charge in [-0.25, -0.2) is 0 Å². The first-order valence-corrected chi connectivity index (χ1v) is 8.39. The first-order chi connectivity index (χ1) is 9.75. The van der Waals surface area contributed by atoms with Crippen LogP contribution in [0.15, 0.2) is 24.3 Å². The number of benzene rings is 1. The molecule has 114 valence electrons. The Morgan fingerprint density at radius 3 is 2.43 bits per heavy atom. The molecule has 0 aromatic heterocycles. The molecule has 2 rings (SSSR count). The highest BCUT2D eigenvalue weighted by Crippen LogP contribution is 2.58. The number of aliphatic carboxylic acids is 1. The Kier molecular flexibility index (Phi) is 4.18.